The van der Waals surface area contributed by atoms with E-state index < -0.39 is 29.6 Å². The molecular weight excluding hydrogens is 512 g/mol. The molecule has 11 nitrogen and oxygen atoms in total. The molecule has 2 unspecified atom stereocenters. The van der Waals surface area contributed by atoms with Gasteiger partial charge in [-0.15, -0.1) is 5.10 Å². The number of benzene rings is 2. The molecule has 11 heteroatoms. The van der Waals surface area contributed by atoms with Crippen LogP contribution in [-0.4, -0.2) is 73.6 Å². The van der Waals surface area contributed by atoms with Crippen LogP contribution in [0.25, 0.3) is 11.0 Å². The number of unbranched alkanes of at least 4 members (excludes halogenated alkanes) is 3. The Balaban J connectivity index is 1.25. The molecule has 3 N–H and O–H groups in total. The molecule has 3 fully saturated rings. The number of hydrogen-bond acceptors (Lipinski definition) is 7. The van der Waals surface area contributed by atoms with Crippen LogP contribution in [0, 0.1) is 11.8 Å². The first-order chi connectivity index (χ1) is 19.5. The lowest BCUT2D eigenvalue weighted by Gasteiger charge is -2.33. The van der Waals surface area contributed by atoms with E-state index in [0.29, 0.717) is 37.9 Å². The monoisotopic (exact) mass is 546 g/mol. The molecule has 3 saturated heterocycles. The highest BCUT2D eigenvalue weighted by Crippen LogP contribution is 2.58. The van der Waals surface area contributed by atoms with Crippen molar-refractivity contribution in [2.45, 2.75) is 62.9 Å². The van der Waals surface area contributed by atoms with Crippen molar-refractivity contribution in [2.75, 3.05) is 18.5 Å². The van der Waals surface area contributed by atoms with Crippen molar-refractivity contribution in [3.8, 4) is 0 Å². The van der Waals surface area contributed by atoms with Gasteiger partial charge in [0.1, 0.15) is 23.8 Å². The Hall–Kier alpha value is -3.83. The zero-order valence-electron chi connectivity index (χ0n) is 22.2. The summed E-state index contributed by atoms with van der Waals surface area (Å²) in [6.45, 7) is 0.605. The van der Waals surface area contributed by atoms with Crippen molar-refractivity contribution < 1.29 is 24.2 Å². The third-order valence-electron chi connectivity index (χ3n) is 8.52. The maximum Gasteiger partial charge on any atom is 0.247 e. The second kappa shape index (κ2) is 11.0. The number of ether oxygens (including phenoxy) is 1. The summed E-state index contributed by atoms with van der Waals surface area (Å²) in [5.41, 5.74) is 1.11. The van der Waals surface area contributed by atoms with E-state index in [2.05, 4.69) is 20.9 Å². The van der Waals surface area contributed by atoms with Crippen molar-refractivity contribution >= 4 is 34.4 Å². The van der Waals surface area contributed by atoms with E-state index in [0.717, 1.165) is 23.9 Å². The minimum atomic E-state index is -1.06. The van der Waals surface area contributed by atoms with E-state index in [1.165, 1.54) is 0 Å². The number of hydrogen-bond donors (Lipinski definition) is 3. The maximum atomic E-state index is 14.0. The number of nitrogens with one attached hydrogen (secondary N) is 2. The number of amides is 3. The molecule has 210 valence electrons. The Labute approximate surface area is 231 Å². The molecule has 3 aliphatic heterocycles. The lowest BCUT2D eigenvalue weighted by atomic mass is 9.70. The number of carbonyl (C=O) groups excluding carboxylic acids is 3. The fraction of sp³-hybridized carbons (Fsp3) is 0.483. The van der Waals surface area contributed by atoms with Crippen LogP contribution in [0.4, 0.5) is 5.69 Å². The molecule has 1 aromatic heterocycles. The lowest BCUT2D eigenvalue weighted by Crippen LogP contribution is -2.55. The molecule has 6 rings (SSSR count). The van der Waals surface area contributed by atoms with E-state index in [-0.39, 0.29) is 31.0 Å². The summed E-state index contributed by atoms with van der Waals surface area (Å²) in [5.74, 6) is -2.18. The number of aliphatic hydroxyl groups is 1. The van der Waals surface area contributed by atoms with Gasteiger partial charge in [-0.3, -0.25) is 14.4 Å². The van der Waals surface area contributed by atoms with Crippen LogP contribution >= 0.6 is 0 Å². The predicted molar refractivity (Wildman–Crippen MR) is 146 cm³/mol. The Bertz CT molecular complexity index is 1400. The average Bonchev–Trinajstić information content (AvgIpc) is 3.72. The van der Waals surface area contributed by atoms with Gasteiger partial charge in [0.15, 0.2) is 0 Å². The summed E-state index contributed by atoms with van der Waals surface area (Å²) in [4.78, 5) is 43.0. The Morgan fingerprint density at radius 3 is 2.62 bits per heavy atom. The van der Waals surface area contributed by atoms with Crippen LogP contribution in [-0.2, 0) is 25.8 Å². The molecule has 0 saturated carbocycles. The highest BCUT2D eigenvalue weighted by molar-refractivity contribution is 6.02. The summed E-state index contributed by atoms with van der Waals surface area (Å²) < 4.78 is 8.10. The number of rotatable bonds is 11. The molecule has 0 aliphatic carbocycles. The van der Waals surface area contributed by atoms with Gasteiger partial charge in [-0.2, -0.15) is 0 Å². The number of anilines is 1. The predicted octanol–water partition coefficient (Wildman–Crippen LogP) is 2.07. The third kappa shape index (κ3) is 4.52. The molecule has 3 amide bonds. The van der Waals surface area contributed by atoms with Crippen molar-refractivity contribution in [3.63, 3.8) is 0 Å². The average molecular weight is 547 g/mol. The first-order valence-corrected chi connectivity index (χ1v) is 14.0. The molecule has 3 aromatic rings. The number of carbonyl (C=O) groups is 3. The number of fused-ring (bicyclic) bond motifs is 2. The summed E-state index contributed by atoms with van der Waals surface area (Å²) >= 11 is 0. The number of aromatic nitrogens is 3. The maximum absolute atomic E-state index is 14.0. The van der Waals surface area contributed by atoms with Gasteiger partial charge in [0.05, 0.1) is 23.5 Å². The molecule has 2 bridgehead atoms. The van der Waals surface area contributed by atoms with Crippen LogP contribution in [0.5, 0.6) is 0 Å². The zero-order valence-corrected chi connectivity index (χ0v) is 22.2. The van der Waals surface area contributed by atoms with Gasteiger partial charge in [-0.05, 0) is 49.9 Å². The molecular formula is C29H34N6O5. The fourth-order valence-corrected chi connectivity index (χ4v) is 6.77. The minimum absolute atomic E-state index is 0.0937. The number of para-hydroxylation sites is 2. The summed E-state index contributed by atoms with van der Waals surface area (Å²) in [5, 5.41) is 23.4. The highest BCUT2D eigenvalue weighted by Gasteiger charge is 2.74. The topological polar surface area (TPSA) is 139 Å². The molecule has 3 aliphatic rings. The van der Waals surface area contributed by atoms with Gasteiger partial charge in [-0.1, -0.05) is 48.4 Å². The molecule has 0 radical (unpaired) electrons. The van der Waals surface area contributed by atoms with Gasteiger partial charge in [0, 0.05) is 18.8 Å². The fourth-order valence-electron chi connectivity index (χ4n) is 6.77. The largest absolute Gasteiger partial charge is 0.396 e. The second-order valence-electron chi connectivity index (χ2n) is 10.9. The van der Waals surface area contributed by atoms with Crippen molar-refractivity contribution in [2.24, 2.45) is 11.8 Å². The van der Waals surface area contributed by atoms with Crippen molar-refractivity contribution in [3.05, 3.63) is 54.6 Å². The molecule has 40 heavy (non-hydrogen) atoms. The number of aliphatic hydroxyl groups excluding tert-OH is 1. The van der Waals surface area contributed by atoms with Crippen LogP contribution in [0.15, 0.2) is 54.6 Å². The van der Waals surface area contributed by atoms with Crippen molar-refractivity contribution in [1.82, 2.24) is 25.2 Å². The Morgan fingerprint density at radius 2 is 1.80 bits per heavy atom. The molecule has 5 atom stereocenters. The molecule has 4 heterocycles. The van der Waals surface area contributed by atoms with Gasteiger partial charge in [-0.25, -0.2) is 4.68 Å². The van der Waals surface area contributed by atoms with Crippen LogP contribution in [0.1, 0.15) is 38.5 Å². The SMILES string of the molecule is O=C(NCn1nnc2ccccc21)C1N(CCCCCCO)C(=O)[C@@H]2[C@H](C(=O)Nc3ccccc3)[C@@H]3CCC12O3. The normalized spacial score (nSPS) is 26.8. The summed E-state index contributed by atoms with van der Waals surface area (Å²) in [7, 11) is 0. The smallest absolute Gasteiger partial charge is 0.247 e. The Kier molecular flexibility index (Phi) is 7.24. The summed E-state index contributed by atoms with van der Waals surface area (Å²) in [6.07, 6.45) is 3.78. The van der Waals surface area contributed by atoms with Gasteiger partial charge < -0.3 is 25.4 Å². The van der Waals surface area contributed by atoms with E-state index in [1.807, 2.05) is 42.5 Å². The van der Waals surface area contributed by atoms with Crippen LogP contribution < -0.4 is 10.6 Å². The highest BCUT2D eigenvalue weighted by atomic mass is 16.5. The second-order valence-corrected chi connectivity index (χ2v) is 10.9. The summed E-state index contributed by atoms with van der Waals surface area (Å²) in [6, 6.07) is 15.8. The standard InChI is InChI=1S/C29H34N6O5/c36-17-9-2-1-8-16-34-25(27(38)30-18-35-21-13-7-6-12-20(21)32-33-35)29-15-14-22(40-29)23(24(29)28(34)39)26(37)31-19-10-4-3-5-11-19/h3-7,10-13,22-25,36H,1-2,8-9,14-18H2,(H,30,38)(H,31,37)/t22-,23+,24-,25?,29?/m0/s1. The van der Waals surface area contributed by atoms with E-state index in [4.69, 9.17) is 9.84 Å². The van der Waals surface area contributed by atoms with Crippen LogP contribution in [0.2, 0.25) is 0 Å². The Morgan fingerprint density at radius 1 is 1.02 bits per heavy atom. The van der Waals surface area contributed by atoms with Crippen molar-refractivity contribution in [1.29, 1.82) is 0 Å². The van der Waals surface area contributed by atoms with Crippen LogP contribution in [0.3, 0.4) is 0 Å². The first kappa shape index (κ1) is 26.4. The minimum Gasteiger partial charge on any atom is -0.396 e. The number of likely N-dealkylation sites (tertiary alicyclic amines) is 1. The lowest BCUT2D eigenvalue weighted by molar-refractivity contribution is -0.141. The van der Waals surface area contributed by atoms with E-state index >= 15 is 0 Å². The van der Waals surface area contributed by atoms with Gasteiger partial charge >= 0.3 is 0 Å². The van der Waals surface area contributed by atoms with E-state index in [9.17, 15) is 14.4 Å². The van der Waals surface area contributed by atoms with E-state index in [1.54, 1.807) is 21.7 Å². The van der Waals surface area contributed by atoms with Gasteiger partial charge in [0.25, 0.3) is 0 Å². The van der Waals surface area contributed by atoms with Gasteiger partial charge in [0.2, 0.25) is 17.7 Å². The third-order valence-corrected chi connectivity index (χ3v) is 8.52. The molecule has 1 spiro atoms. The zero-order chi connectivity index (χ0) is 27.7. The number of nitrogens with zero attached hydrogens (tertiary/aromatic N) is 4. The molecule has 2 aromatic carbocycles. The first-order valence-electron chi connectivity index (χ1n) is 14.0. The quantitative estimate of drug-likeness (QED) is 0.313.